The van der Waals surface area contributed by atoms with E-state index in [2.05, 4.69) is 9.71 Å². The quantitative estimate of drug-likeness (QED) is 0.740. The summed E-state index contributed by atoms with van der Waals surface area (Å²) >= 11 is 19.0. The molecule has 0 saturated heterocycles. The Kier molecular flexibility index (Phi) is 3.79. The summed E-state index contributed by atoms with van der Waals surface area (Å²) in [5.41, 5.74) is 0.210. The third-order valence-corrected chi connectivity index (χ3v) is 5.68. The van der Waals surface area contributed by atoms with E-state index in [1.54, 1.807) is 11.6 Å². The van der Waals surface area contributed by atoms with E-state index in [0.717, 1.165) is 0 Å². The van der Waals surface area contributed by atoms with Crippen LogP contribution in [0.25, 0.3) is 4.96 Å². The van der Waals surface area contributed by atoms with Gasteiger partial charge < -0.3 is 0 Å². The van der Waals surface area contributed by atoms with Gasteiger partial charge >= 0.3 is 0 Å². The van der Waals surface area contributed by atoms with Gasteiger partial charge in [0.1, 0.15) is 0 Å². The maximum absolute atomic E-state index is 12.5. The molecule has 0 atom stereocenters. The van der Waals surface area contributed by atoms with Crippen LogP contribution in [0.4, 0.5) is 5.69 Å². The first kappa shape index (κ1) is 14.9. The minimum atomic E-state index is -3.93. The standard InChI is InChI=1S/C11H6Cl3N3O2S2/c12-6-1-2-8(7(13)5-6)16-21(18,19)10-9(14)15-11-17(10)3-4-20-11/h1-5,16H. The Morgan fingerprint density at radius 2 is 2.00 bits per heavy atom. The molecular formula is C11H6Cl3N3O2S2. The molecule has 0 spiro atoms. The number of aromatic nitrogens is 2. The van der Waals surface area contributed by atoms with Crippen LogP contribution in [-0.2, 0) is 10.0 Å². The zero-order valence-electron chi connectivity index (χ0n) is 10.0. The monoisotopic (exact) mass is 381 g/mol. The Morgan fingerprint density at radius 1 is 1.24 bits per heavy atom. The van der Waals surface area contributed by atoms with Gasteiger partial charge in [-0.15, -0.1) is 11.3 Å². The molecule has 1 N–H and O–H groups in total. The molecule has 0 unspecified atom stereocenters. The number of nitrogens with one attached hydrogen (secondary N) is 1. The lowest BCUT2D eigenvalue weighted by Gasteiger charge is -2.09. The molecule has 10 heteroatoms. The number of fused-ring (bicyclic) bond motifs is 1. The number of sulfonamides is 1. The van der Waals surface area contributed by atoms with Crippen LogP contribution in [0.2, 0.25) is 15.2 Å². The number of imidazole rings is 1. The van der Waals surface area contributed by atoms with Gasteiger partial charge in [0.15, 0.2) is 15.1 Å². The first-order valence-corrected chi connectivity index (χ1v) is 8.97. The van der Waals surface area contributed by atoms with Crippen LogP contribution in [0, 0.1) is 0 Å². The van der Waals surface area contributed by atoms with Crippen molar-refractivity contribution in [2.75, 3.05) is 4.72 Å². The molecule has 0 saturated carbocycles. The highest BCUT2D eigenvalue weighted by molar-refractivity contribution is 7.92. The average Bonchev–Trinajstić information content (AvgIpc) is 2.91. The predicted molar refractivity (Wildman–Crippen MR) is 85.3 cm³/mol. The van der Waals surface area contributed by atoms with Crippen molar-refractivity contribution in [3.8, 4) is 0 Å². The van der Waals surface area contributed by atoms with Crippen molar-refractivity contribution >= 4 is 66.8 Å². The fraction of sp³-hybridized carbons (Fsp3) is 0. The molecule has 0 aliphatic carbocycles. The molecule has 3 rings (SSSR count). The molecule has 110 valence electrons. The molecule has 3 aromatic rings. The highest BCUT2D eigenvalue weighted by Crippen LogP contribution is 2.30. The number of halogens is 3. The smallest absolute Gasteiger partial charge is 0.278 e. The van der Waals surface area contributed by atoms with Gasteiger partial charge in [-0.05, 0) is 18.2 Å². The van der Waals surface area contributed by atoms with Crippen LogP contribution in [-0.4, -0.2) is 17.8 Å². The number of thiazole rings is 1. The molecule has 0 fully saturated rings. The van der Waals surface area contributed by atoms with Gasteiger partial charge in [0.2, 0.25) is 0 Å². The van der Waals surface area contributed by atoms with E-state index in [9.17, 15) is 8.42 Å². The van der Waals surface area contributed by atoms with Crippen molar-refractivity contribution in [1.29, 1.82) is 0 Å². The van der Waals surface area contributed by atoms with E-state index in [0.29, 0.717) is 9.98 Å². The van der Waals surface area contributed by atoms with Gasteiger partial charge in [-0.25, -0.2) is 4.98 Å². The van der Waals surface area contributed by atoms with E-state index in [1.807, 2.05) is 0 Å². The third-order valence-electron chi connectivity index (χ3n) is 2.61. The summed E-state index contributed by atoms with van der Waals surface area (Å²) in [4.78, 5) is 4.48. The van der Waals surface area contributed by atoms with Gasteiger partial charge in [0, 0.05) is 16.6 Å². The molecule has 21 heavy (non-hydrogen) atoms. The largest absolute Gasteiger partial charge is 0.281 e. The van der Waals surface area contributed by atoms with Crippen molar-refractivity contribution in [3.63, 3.8) is 0 Å². The van der Waals surface area contributed by atoms with Crippen molar-refractivity contribution < 1.29 is 8.42 Å². The van der Waals surface area contributed by atoms with Gasteiger partial charge in [-0.2, -0.15) is 8.42 Å². The highest BCUT2D eigenvalue weighted by Gasteiger charge is 2.25. The van der Waals surface area contributed by atoms with Crippen LogP contribution in [0.15, 0.2) is 34.8 Å². The third kappa shape index (κ3) is 2.72. The summed E-state index contributed by atoms with van der Waals surface area (Å²) < 4.78 is 28.8. The molecule has 0 amide bonds. The normalized spacial score (nSPS) is 12.0. The van der Waals surface area contributed by atoms with E-state index in [1.165, 1.54) is 33.9 Å². The fourth-order valence-corrected chi connectivity index (χ4v) is 4.79. The van der Waals surface area contributed by atoms with Gasteiger partial charge in [0.25, 0.3) is 10.0 Å². The van der Waals surface area contributed by atoms with E-state index < -0.39 is 10.0 Å². The number of hydrogen-bond acceptors (Lipinski definition) is 4. The minimum absolute atomic E-state index is 0.0977. The molecule has 2 aromatic heterocycles. The molecule has 0 bridgehead atoms. The molecule has 0 aliphatic heterocycles. The Labute approximate surface area is 139 Å². The lowest BCUT2D eigenvalue weighted by molar-refractivity contribution is 0.597. The Balaban J connectivity index is 2.08. The summed E-state index contributed by atoms with van der Waals surface area (Å²) in [6, 6.07) is 4.45. The summed E-state index contributed by atoms with van der Waals surface area (Å²) in [6.07, 6.45) is 1.58. The lowest BCUT2D eigenvalue weighted by Crippen LogP contribution is -2.15. The Hall–Kier alpha value is -0.990. The zero-order chi connectivity index (χ0) is 15.2. The van der Waals surface area contributed by atoms with Gasteiger partial charge in [-0.1, -0.05) is 34.8 Å². The highest BCUT2D eigenvalue weighted by atomic mass is 35.5. The van der Waals surface area contributed by atoms with Gasteiger partial charge in [-0.3, -0.25) is 9.12 Å². The average molecular weight is 383 g/mol. The minimum Gasteiger partial charge on any atom is -0.278 e. The Morgan fingerprint density at radius 3 is 2.71 bits per heavy atom. The molecule has 1 aromatic carbocycles. The summed E-state index contributed by atoms with van der Waals surface area (Å²) in [5.74, 6) is 0. The van der Waals surface area contributed by atoms with Crippen LogP contribution < -0.4 is 4.72 Å². The second kappa shape index (κ2) is 5.33. The summed E-state index contributed by atoms with van der Waals surface area (Å²) in [7, 11) is -3.93. The molecular weight excluding hydrogens is 377 g/mol. The van der Waals surface area contributed by atoms with Crippen molar-refractivity contribution in [2.45, 2.75) is 5.03 Å². The fourth-order valence-electron chi connectivity index (χ4n) is 1.74. The number of anilines is 1. The van der Waals surface area contributed by atoms with Crippen LogP contribution in [0.1, 0.15) is 0 Å². The number of rotatable bonds is 3. The van der Waals surface area contributed by atoms with Crippen LogP contribution in [0.3, 0.4) is 0 Å². The molecule has 0 aliphatic rings. The van der Waals surface area contributed by atoms with E-state index in [4.69, 9.17) is 34.8 Å². The maximum Gasteiger partial charge on any atom is 0.281 e. The van der Waals surface area contributed by atoms with Crippen LogP contribution >= 0.6 is 46.1 Å². The molecule has 0 radical (unpaired) electrons. The number of hydrogen-bond donors (Lipinski definition) is 1. The first-order chi connectivity index (χ1) is 9.88. The van der Waals surface area contributed by atoms with Crippen molar-refractivity contribution in [2.24, 2.45) is 0 Å². The van der Waals surface area contributed by atoms with Crippen molar-refractivity contribution in [3.05, 3.63) is 45.0 Å². The molecule has 2 heterocycles. The lowest BCUT2D eigenvalue weighted by atomic mass is 10.3. The summed E-state index contributed by atoms with van der Waals surface area (Å²) in [6.45, 7) is 0. The molecule has 5 nitrogen and oxygen atoms in total. The van der Waals surface area contributed by atoms with Gasteiger partial charge in [0.05, 0.1) is 10.7 Å². The Bertz CT molecular complexity index is 933. The van der Waals surface area contributed by atoms with E-state index >= 15 is 0 Å². The number of benzene rings is 1. The SMILES string of the molecule is O=S(=O)(Nc1ccc(Cl)cc1Cl)c1c(Cl)nc2sccn12. The van der Waals surface area contributed by atoms with E-state index in [-0.39, 0.29) is 20.9 Å². The topological polar surface area (TPSA) is 63.5 Å². The van der Waals surface area contributed by atoms with Crippen molar-refractivity contribution in [1.82, 2.24) is 9.38 Å². The number of nitrogens with zero attached hydrogens (tertiary/aromatic N) is 2. The maximum atomic E-state index is 12.5. The summed E-state index contributed by atoms with van der Waals surface area (Å²) in [5, 5.41) is 2.08. The second-order valence-electron chi connectivity index (χ2n) is 3.99. The zero-order valence-corrected chi connectivity index (χ0v) is 13.9. The van der Waals surface area contributed by atoms with Crippen LogP contribution in [0.5, 0.6) is 0 Å². The first-order valence-electron chi connectivity index (χ1n) is 5.47. The second-order valence-corrected chi connectivity index (χ2v) is 7.67. The predicted octanol–water partition coefficient (Wildman–Crippen LogP) is 4.16.